The monoisotopic (exact) mass is 711 g/mol. The summed E-state index contributed by atoms with van der Waals surface area (Å²) in [5.74, 6) is -2.57. The fourth-order valence-electron chi connectivity index (χ4n) is 7.75. The summed E-state index contributed by atoms with van der Waals surface area (Å²) in [5.41, 5.74) is 0. The van der Waals surface area contributed by atoms with Crippen molar-refractivity contribution in [2.45, 2.75) is 156 Å². The molecule has 5 aliphatic rings. The fraction of sp³-hybridized carbons (Fsp3) is 0.935. The summed E-state index contributed by atoms with van der Waals surface area (Å²) in [6.07, 6.45) is -17.4. The van der Waals surface area contributed by atoms with Crippen LogP contribution in [-0.4, -0.2) is 179 Å². The molecule has 5 fully saturated rings. The third-order valence-electron chi connectivity index (χ3n) is 10.5. The van der Waals surface area contributed by atoms with E-state index in [4.69, 9.17) is 33.5 Å². The molecule has 3 heterocycles. The lowest BCUT2D eigenvalue weighted by Crippen LogP contribution is -2.64. The highest BCUT2D eigenvalue weighted by Crippen LogP contribution is 2.43. The summed E-state index contributed by atoms with van der Waals surface area (Å²) in [4.78, 5) is 22.8. The van der Waals surface area contributed by atoms with E-state index >= 15 is 0 Å². The van der Waals surface area contributed by atoms with Crippen LogP contribution < -0.4 is 0 Å². The minimum atomic E-state index is -1.76. The minimum Gasteiger partial charge on any atom is -0.481 e. The number of aliphatic hydroxyl groups is 11. The lowest BCUT2D eigenvalue weighted by molar-refractivity contribution is -0.366. The molecule has 0 aromatic carbocycles. The lowest BCUT2D eigenvalue weighted by Gasteiger charge is -2.50. The topological polar surface area (TPSA) is 295 Å². The zero-order valence-electron chi connectivity index (χ0n) is 26.9. The highest BCUT2D eigenvalue weighted by atomic mass is 16.7. The Labute approximate surface area is 282 Å². The van der Waals surface area contributed by atoms with Gasteiger partial charge in [0.2, 0.25) is 0 Å². The molecule has 5 rings (SSSR count). The Morgan fingerprint density at radius 2 is 1.27 bits per heavy atom. The molecule has 6 unspecified atom stereocenters. The lowest BCUT2D eigenvalue weighted by atomic mass is 9.73. The van der Waals surface area contributed by atoms with E-state index in [1.165, 1.54) is 0 Å². The molecule has 18 heteroatoms. The zero-order valence-corrected chi connectivity index (χ0v) is 26.9. The number of esters is 1. The molecule has 2 aliphatic carbocycles. The fourth-order valence-corrected chi connectivity index (χ4v) is 7.75. The molecule has 18 nitrogen and oxygen atoms in total. The van der Waals surface area contributed by atoms with E-state index in [1.54, 1.807) is 0 Å². The van der Waals surface area contributed by atoms with Gasteiger partial charge in [-0.05, 0) is 32.1 Å². The van der Waals surface area contributed by atoms with Crippen LogP contribution in [0.3, 0.4) is 0 Å². The van der Waals surface area contributed by atoms with Gasteiger partial charge in [-0.3, -0.25) is 9.59 Å². The van der Waals surface area contributed by atoms with Crippen LogP contribution in [0.2, 0.25) is 0 Å². The molecule has 282 valence electrons. The van der Waals surface area contributed by atoms with Gasteiger partial charge in [-0.25, -0.2) is 0 Å². The molecule has 0 amide bonds. The van der Waals surface area contributed by atoms with Gasteiger partial charge in [0.05, 0.1) is 43.7 Å². The first-order valence-corrected chi connectivity index (χ1v) is 17.0. The van der Waals surface area contributed by atoms with Gasteiger partial charge in [0, 0.05) is 18.8 Å². The number of aliphatic carboxylic acids is 1. The maximum absolute atomic E-state index is 12.0. The van der Waals surface area contributed by atoms with E-state index in [1.807, 2.05) is 0 Å². The van der Waals surface area contributed by atoms with E-state index in [0.29, 0.717) is 32.1 Å². The second-order valence-corrected chi connectivity index (χ2v) is 13.9. The van der Waals surface area contributed by atoms with Gasteiger partial charge in [0.15, 0.2) is 24.8 Å². The van der Waals surface area contributed by atoms with Crippen LogP contribution in [0.25, 0.3) is 0 Å². The van der Waals surface area contributed by atoms with Gasteiger partial charge in [0.25, 0.3) is 0 Å². The van der Waals surface area contributed by atoms with Crippen LogP contribution in [0.15, 0.2) is 0 Å². The number of ether oxygens (including phenoxy) is 6. The SMILES string of the molecule is O=C(O)CCC(=O)OC[C@H]1O[C@@H](OC2CC3C(O[C@@H]4O[C@H](CO)[C@@H](O)[C@H](O)[C@H]4O)CC(O)CC3[OH+]C2C2CCC(O)CC2)[C@H](O)[C@@H](O)[C@@H]1O. The quantitative estimate of drug-likeness (QED) is 0.0717. The van der Waals surface area contributed by atoms with Gasteiger partial charge in [0.1, 0.15) is 61.5 Å². The summed E-state index contributed by atoms with van der Waals surface area (Å²) in [5, 5.41) is 103. The maximum atomic E-state index is 12.0. The third-order valence-corrected chi connectivity index (χ3v) is 10.5. The number of carboxylic acid groups (broad SMARTS) is 1. The van der Waals surface area contributed by atoms with Gasteiger partial charge in [-0.1, -0.05) is 0 Å². The summed E-state index contributed by atoms with van der Waals surface area (Å²) in [6, 6.07) is 0. The Morgan fingerprint density at radius 3 is 1.88 bits per heavy atom. The summed E-state index contributed by atoms with van der Waals surface area (Å²) in [6.45, 7) is -1.21. The zero-order chi connectivity index (χ0) is 35.6. The van der Waals surface area contributed by atoms with Crippen molar-refractivity contribution in [3.05, 3.63) is 0 Å². The second kappa shape index (κ2) is 16.8. The average molecular weight is 712 g/mol. The van der Waals surface area contributed by atoms with Crippen molar-refractivity contribution < 1.29 is 89.1 Å². The molecule has 0 spiro atoms. The molecule has 3 saturated heterocycles. The van der Waals surface area contributed by atoms with E-state index in [0.717, 1.165) is 0 Å². The number of carbonyl (C=O) groups is 2. The van der Waals surface area contributed by atoms with Gasteiger partial charge >= 0.3 is 11.9 Å². The van der Waals surface area contributed by atoms with Crippen molar-refractivity contribution in [3.63, 3.8) is 0 Å². The average Bonchev–Trinajstić information content (AvgIpc) is 3.07. The Hall–Kier alpha value is -1.62. The predicted octanol–water partition coefficient (Wildman–Crippen LogP) is -4.24. The molecule has 3 aliphatic heterocycles. The molecular formula is C31H51O18+. The molecule has 0 bridgehead atoms. The van der Waals surface area contributed by atoms with Crippen LogP contribution in [0, 0.1) is 11.8 Å². The van der Waals surface area contributed by atoms with Gasteiger partial charge in [-0.15, -0.1) is 0 Å². The molecular weight excluding hydrogens is 660 g/mol. The minimum absolute atomic E-state index is 0.0551. The van der Waals surface area contributed by atoms with E-state index in [2.05, 4.69) is 0 Å². The number of hydrogen-bond donors (Lipinski definition) is 10. The first-order valence-electron chi connectivity index (χ1n) is 17.0. The van der Waals surface area contributed by atoms with Crippen LogP contribution in [0.5, 0.6) is 0 Å². The van der Waals surface area contributed by atoms with Crippen molar-refractivity contribution >= 4 is 11.9 Å². The smallest absolute Gasteiger partial charge is 0.306 e. The molecule has 0 aromatic rings. The Balaban J connectivity index is 1.33. The number of carboxylic acids is 1. The van der Waals surface area contributed by atoms with Gasteiger partial charge in [-0.2, -0.15) is 0 Å². The maximum Gasteiger partial charge on any atom is 0.306 e. The summed E-state index contributed by atoms with van der Waals surface area (Å²) >= 11 is 0. The largest absolute Gasteiger partial charge is 0.481 e. The molecule has 0 aromatic heterocycles. The van der Waals surface area contributed by atoms with Crippen LogP contribution >= 0.6 is 0 Å². The van der Waals surface area contributed by atoms with E-state index in [-0.39, 0.29) is 18.8 Å². The molecule has 2 saturated carbocycles. The molecule has 0 radical (unpaired) electrons. The number of aliphatic hydroxyl groups excluding tert-OH is 9. The Morgan fingerprint density at radius 1 is 0.673 bits per heavy atom. The van der Waals surface area contributed by atoms with Crippen molar-refractivity contribution in [3.8, 4) is 0 Å². The predicted molar refractivity (Wildman–Crippen MR) is 159 cm³/mol. The van der Waals surface area contributed by atoms with Gasteiger partial charge < -0.3 is 79.5 Å². The van der Waals surface area contributed by atoms with Crippen molar-refractivity contribution in [1.82, 2.24) is 0 Å². The standard InChI is InChI=1S/C31H50O18/c32-10-19-23(38)25(40)27(42)30(48-19)46-17-8-14(34)7-16-15(17)9-18(29(45-16)12-1-3-13(33)4-2-12)47-31-28(43)26(41)24(39)20(49-31)11-44-22(37)6-5-21(35)36/h12-20,23-34,38-43H,1-11H2,(H,35,36)/p+1/t12?,13?,14?,15?,16?,17?,18?,19-,20-,23-,24-,25+,26+,27-,28-,29?,30-,31-/m1/s1. The second-order valence-electron chi connectivity index (χ2n) is 13.9. The Bertz CT molecular complexity index is 1090. The van der Waals surface area contributed by atoms with Crippen LogP contribution in [0.1, 0.15) is 57.8 Å². The normalized spacial score (nSPS) is 47.6. The highest BCUT2D eigenvalue weighted by Gasteiger charge is 2.56. The first kappa shape index (κ1) is 38.6. The Kier molecular flexibility index (Phi) is 13.2. The summed E-state index contributed by atoms with van der Waals surface area (Å²) < 4.78 is 34.0. The summed E-state index contributed by atoms with van der Waals surface area (Å²) in [7, 11) is 0. The van der Waals surface area contributed by atoms with Crippen molar-refractivity contribution in [2.75, 3.05) is 13.2 Å². The van der Waals surface area contributed by atoms with Crippen LogP contribution in [-0.2, 0) is 33.3 Å². The number of rotatable bonds is 11. The van der Waals surface area contributed by atoms with Crippen molar-refractivity contribution in [1.29, 1.82) is 0 Å². The number of hydrogen-bond acceptors (Lipinski definition) is 16. The van der Waals surface area contributed by atoms with Crippen molar-refractivity contribution in [2.24, 2.45) is 11.8 Å². The van der Waals surface area contributed by atoms with E-state index < -0.39 is 142 Å². The van der Waals surface area contributed by atoms with E-state index in [9.17, 15) is 55.5 Å². The molecule has 16 atom stereocenters. The number of fused-ring (bicyclic) bond motifs is 1. The molecule has 49 heavy (non-hydrogen) atoms. The van der Waals surface area contributed by atoms with Crippen LogP contribution in [0.4, 0.5) is 0 Å². The highest BCUT2D eigenvalue weighted by molar-refractivity contribution is 5.76. The molecule has 11 N–H and O–H groups in total. The number of carbonyl (C=O) groups excluding carboxylic acids is 1. The first-order chi connectivity index (χ1) is 23.3. The third kappa shape index (κ3) is 9.07.